The molecule has 1 aromatic rings. The van der Waals surface area contributed by atoms with Crippen LogP contribution in [0.25, 0.3) is 6.08 Å². The third kappa shape index (κ3) is 2.95. The molecule has 21 heavy (non-hydrogen) atoms. The number of fused-ring (bicyclic) bond motifs is 1. The Labute approximate surface area is 125 Å². The second-order valence-corrected chi connectivity index (χ2v) is 4.48. The first kappa shape index (κ1) is 14.8. The highest BCUT2D eigenvalue weighted by molar-refractivity contribution is 6.18. The Hall–Kier alpha value is -2.59. The average molecular weight is 308 g/mol. The van der Waals surface area contributed by atoms with Gasteiger partial charge in [0.25, 0.3) is 5.69 Å². The van der Waals surface area contributed by atoms with Gasteiger partial charge >= 0.3 is 6.09 Å². The topological polar surface area (TPSA) is 96.5 Å². The summed E-state index contributed by atoms with van der Waals surface area (Å²) in [6.07, 6.45) is 2.33. The molecule has 0 saturated carbocycles. The number of amides is 1. The Morgan fingerprint density at radius 3 is 2.95 bits per heavy atom. The number of non-ortho nitro benzene ring substituents is 1. The van der Waals surface area contributed by atoms with E-state index in [1.807, 2.05) is 6.07 Å². The smallest absolute Gasteiger partial charge is 0.415 e. The largest absolute Gasteiger partial charge is 0.448 e. The number of hydrogen-bond acceptors (Lipinski definition) is 5. The van der Waals surface area contributed by atoms with Crippen molar-refractivity contribution in [3.8, 4) is 6.07 Å². The molecule has 2 rings (SSSR count). The number of nitriles is 1. The fourth-order valence-electron chi connectivity index (χ4n) is 1.95. The highest BCUT2D eigenvalue weighted by atomic mass is 35.5. The third-order valence-corrected chi connectivity index (χ3v) is 3.00. The molecule has 0 N–H and O–H groups in total. The normalized spacial score (nSPS) is 16.0. The summed E-state index contributed by atoms with van der Waals surface area (Å²) in [6, 6.07) is 5.16. The zero-order valence-corrected chi connectivity index (χ0v) is 11.5. The summed E-state index contributed by atoms with van der Waals surface area (Å²) < 4.78 is 4.93. The number of halogens is 1. The van der Waals surface area contributed by atoms with E-state index < -0.39 is 17.1 Å². The molecule has 0 aromatic heterocycles. The Morgan fingerprint density at radius 1 is 1.57 bits per heavy atom. The molecule has 1 heterocycles. The lowest BCUT2D eigenvalue weighted by Crippen LogP contribution is -2.41. The van der Waals surface area contributed by atoms with Crippen LogP contribution in [0.1, 0.15) is 5.56 Å². The van der Waals surface area contributed by atoms with Gasteiger partial charge in [-0.05, 0) is 12.1 Å². The van der Waals surface area contributed by atoms with Crippen molar-refractivity contribution >= 4 is 35.1 Å². The van der Waals surface area contributed by atoms with Crippen LogP contribution in [-0.2, 0) is 4.74 Å². The molecular weight excluding hydrogens is 298 g/mol. The molecule has 108 valence electrons. The number of nitro benzene ring substituents is 1. The average Bonchev–Trinajstić information content (AvgIpc) is 2.50. The monoisotopic (exact) mass is 307 g/mol. The number of nitrogens with zero attached hydrogens (tertiary/aromatic N) is 3. The van der Waals surface area contributed by atoms with Crippen LogP contribution < -0.4 is 4.90 Å². The van der Waals surface area contributed by atoms with Gasteiger partial charge in [-0.2, -0.15) is 5.26 Å². The number of carbonyl (C=O) groups excluding carboxylic acids is 1. The predicted molar refractivity (Wildman–Crippen MR) is 76.1 cm³/mol. The van der Waals surface area contributed by atoms with E-state index in [1.54, 1.807) is 6.08 Å². The van der Waals surface area contributed by atoms with Gasteiger partial charge in [0.05, 0.1) is 22.6 Å². The van der Waals surface area contributed by atoms with Gasteiger partial charge < -0.3 is 4.74 Å². The van der Waals surface area contributed by atoms with E-state index in [-0.39, 0.29) is 18.2 Å². The number of nitro groups is 1. The second kappa shape index (κ2) is 6.24. The van der Waals surface area contributed by atoms with Gasteiger partial charge in [0, 0.05) is 17.7 Å². The molecule has 0 saturated heterocycles. The van der Waals surface area contributed by atoms with Crippen LogP contribution in [0.5, 0.6) is 0 Å². The fraction of sp³-hybridized carbons (Fsp3) is 0.231. The van der Waals surface area contributed by atoms with Crippen LogP contribution in [0.15, 0.2) is 24.3 Å². The molecule has 1 amide bonds. The van der Waals surface area contributed by atoms with Crippen molar-refractivity contribution in [3.05, 3.63) is 40.0 Å². The van der Waals surface area contributed by atoms with Gasteiger partial charge in [-0.15, -0.1) is 11.6 Å². The number of benzene rings is 1. The summed E-state index contributed by atoms with van der Waals surface area (Å²) in [7, 11) is 0. The summed E-state index contributed by atoms with van der Waals surface area (Å²) in [5.74, 6) is 0.139. The summed E-state index contributed by atoms with van der Waals surface area (Å²) in [6.45, 7) is 0.0149. The molecule has 1 aromatic carbocycles. The molecule has 0 spiro atoms. The predicted octanol–water partition coefficient (Wildman–Crippen LogP) is 2.70. The fourth-order valence-corrected chi connectivity index (χ4v) is 2.02. The summed E-state index contributed by atoms with van der Waals surface area (Å²) in [5.41, 5.74) is 0.760. The third-order valence-electron chi connectivity index (χ3n) is 2.85. The molecule has 0 radical (unpaired) electrons. The van der Waals surface area contributed by atoms with E-state index in [0.29, 0.717) is 11.3 Å². The summed E-state index contributed by atoms with van der Waals surface area (Å²) >= 11 is 5.46. The van der Waals surface area contributed by atoms with Gasteiger partial charge in [0.2, 0.25) is 0 Å². The van der Waals surface area contributed by atoms with Crippen molar-refractivity contribution in [2.45, 2.75) is 6.04 Å². The van der Waals surface area contributed by atoms with Crippen molar-refractivity contribution in [1.29, 1.82) is 5.26 Å². The highest BCUT2D eigenvalue weighted by Crippen LogP contribution is 2.32. The number of hydrogen-bond donors (Lipinski definition) is 0. The first-order chi connectivity index (χ1) is 10.1. The second-order valence-electron chi connectivity index (χ2n) is 4.11. The zero-order valence-electron chi connectivity index (χ0n) is 10.7. The molecule has 8 heteroatoms. The molecule has 1 aliphatic rings. The lowest BCUT2D eigenvalue weighted by Gasteiger charge is -2.28. The quantitative estimate of drug-likeness (QED) is 0.486. The van der Waals surface area contributed by atoms with E-state index in [4.69, 9.17) is 21.6 Å². The number of anilines is 1. The van der Waals surface area contributed by atoms with Crippen LogP contribution in [0.2, 0.25) is 0 Å². The minimum Gasteiger partial charge on any atom is -0.448 e. The molecule has 1 atom stereocenters. The van der Waals surface area contributed by atoms with Gasteiger partial charge in [0.1, 0.15) is 12.6 Å². The molecule has 1 aliphatic heterocycles. The molecule has 0 bridgehead atoms. The Morgan fingerprint density at radius 2 is 2.33 bits per heavy atom. The van der Waals surface area contributed by atoms with E-state index in [0.717, 1.165) is 4.90 Å². The Kier molecular flexibility index (Phi) is 4.40. The van der Waals surface area contributed by atoms with E-state index in [9.17, 15) is 14.9 Å². The highest BCUT2D eigenvalue weighted by Gasteiger charge is 2.30. The van der Waals surface area contributed by atoms with Gasteiger partial charge in [-0.1, -0.05) is 6.08 Å². The molecule has 7 nitrogen and oxygen atoms in total. The van der Waals surface area contributed by atoms with Gasteiger partial charge in [-0.25, -0.2) is 4.79 Å². The van der Waals surface area contributed by atoms with Crippen LogP contribution in [0, 0.1) is 21.4 Å². The van der Waals surface area contributed by atoms with Gasteiger partial charge in [-0.3, -0.25) is 15.0 Å². The SMILES string of the molecule is N#CC1C=Cc2cc([N+](=O)[O-])ccc2N1C(=O)OCCCl. The molecule has 0 aliphatic carbocycles. The van der Waals surface area contributed by atoms with Crippen LogP contribution in [0.3, 0.4) is 0 Å². The van der Waals surface area contributed by atoms with Crippen molar-refractivity contribution < 1.29 is 14.5 Å². The van der Waals surface area contributed by atoms with Crippen LogP contribution >= 0.6 is 11.6 Å². The lowest BCUT2D eigenvalue weighted by atomic mass is 10.0. The molecule has 1 unspecified atom stereocenters. The maximum atomic E-state index is 12.0. The first-order valence-corrected chi connectivity index (χ1v) is 6.50. The van der Waals surface area contributed by atoms with Crippen molar-refractivity contribution in [1.82, 2.24) is 0 Å². The lowest BCUT2D eigenvalue weighted by molar-refractivity contribution is -0.384. The molecule has 0 fully saturated rings. The minimum atomic E-state index is -0.832. The van der Waals surface area contributed by atoms with Crippen molar-refractivity contribution in [3.63, 3.8) is 0 Å². The number of rotatable bonds is 3. The first-order valence-electron chi connectivity index (χ1n) is 5.96. The number of alkyl halides is 1. The van der Waals surface area contributed by atoms with E-state index >= 15 is 0 Å². The van der Waals surface area contributed by atoms with Gasteiger partial charge in [0.15, 0.2) is 0 Å². The molecular formula is C13H10ClN3O4. The Balaban J connectivity index is 2.41. The van der Waals surface area contributed by atoms with Crippen LogP contribution in [-0.4, -0.2) is 29.5 Å². The van der Waals surface area contributed by atoms with E-state index in [1.165, 1.54) is 24.3 Å². The minimum absolute atomic E-state index is 0.0149. The van der Waals surface area contributed by atoms with E-state index in [2.05, 4.69) is 0 Å². The number of ether oxygens (including phenoxy) is 1. The Bertz CT molecular complexity index is 653. The van der Waals surface area contributed by atoms with Crippen molar-refractivity contribution in [2.24, 2.45) is 0 Å². The van der Waals surface area contributed by atoms with Crippen molar-refractivity contribution in [2.75, 3.05) is 17.4 Å². The summed E-state index contributed by atoms with van der Waals surface area (Å²) in [4.78, 5) is 23.4. The number of carbonyl (C=O) groups is 1. The zero-order chi connectivity index (χ0) is 15.4. The maximum absolute atomic E-state index is 12.0. The standard InChI is InChI=1S/C13H10ClN3O4/c14-5-6-21-13(18)16-11(8-15)2-1-9-7-10(17(19)20)3-4-12(9)16/h1-4,7,11H,5-6H2. The summed E-state index contributed by atoms with van der Waals surface area (Å²) in [5, 5.41) is 19.9. The van der Waals surface area contributed by atoms with Crippen LogP contribution in [0.4, 0.5) is 16.2 Å². The maximum Gasteiger partial charge on any atom is 0.415 e.